The maximum atomic E-state index is 13.4. The van der Waals surface area contributed by atoms with Crippen molar-refractivity contribution in [3.63, 3.8) is 0 Å². The number of para-hydroxylation sites is 1. The third-order valence-electron chi connectivity index (χ3n) is 5.87. The average Bonchev–Trinajstić information content (AvgIpc) is 3.16. The van der Waals surface area contributed by atoms with Gasteiger partial charge in [-0.15, -0.1) is 11.8 Å². The maximum Gasteiger partial charge on any atom is 0.227 e. The number of nitrogens with zero attached hydrogens (tertiary/aromatic N) is 1. The average molecular weight is 387 g/mol. The molecule has 1 aromatic rings. The fourth-order valence-electron chi connectivity index (χ4n) is 4.33. The lowest BCUT2D eigenvalue weighted by Crippen LogP contribution is -2.45. The highest BCUT2D eigenvalue weighted by molar-refractivity contribution is 8.02. The Hall–Kier alpha value is -1.75. The summed E-state index contributed by atoms with van der Waals surface area (Å²) >= 11 is 1.78. The summed E-state index contributed by atoms with van der Waals surface area (Å²) in [4.78, 5) is 27.0. The fraction of sp³-hybridized carbons (Fsp3) is 0.545. The van der Waals surface area contributed by atoms with E-state index in [1.165, 1.54) is 5.56 Å². The van der Waals surface area contributed by atoms with Gasteiger partial charge in [-0.3, -0.25) is 9.59 Å². The maximum absolute atomic E-state index is 13.4. The molecule has 3 rings (SSSR count). The van der Waals surface area contributed by atoms with Crippen LogP contribution in [0.4, 0.5) is 5.69 Å². The highest BCUT2D eigenvalue weighted by Gasteiger charge is 2.34. The second-order valence-corrected chi connectivity index (χ2v) is 8.67. The molecule has 2 aliphatic rings. The molecule has 5 heteroatoms. The Kier molecular flexibility index (Phi) is 6.64. The standard InChI is InChI=1S/C22H30N2O2S/c1-3-17-6-4-5-15(2)21(17)24(20(25)13-16-11-12-27-14-16)19-9-7-18(8-10-19)22(23)26/h4-6,11-12,16,18-19H,3,7-10,13-14H2,1-2H3,(H2,23,26)/t16?,18-,19-. The molecular formula is C22H30N2O2S. The summed E-state index contributed by atoms with van der Waals surface area (Å²) in [6.45, 7) is 4.23. The molecule has 0 saturated heterocycles. The monoisotopic (exact) mass is 386 g/mol. The summed E-state index contributed by atoms with van der Waals surface area (Å²) in [5, 5.41) is 2.10. The van der Waals surface area contributed by atoms with Crippen LogP contribution in [0.3, 0.4) is 0 Å². The Morgan fingerprint density at radius 2 is 1.96 bits per heavy atom. The third kappa shape index (κ3) is 4.57. The van der Waals surface area contributed by atoms with Gasteiger partial charge < -0.3 is 10.6 Å². The first-order chi connectivity index (χ1) is 13.0. The number of amides is 2. The van der Waals surface area contributed by atoms with Crippen molar-refractivity contribution in [2.75, 3.05) is 10.7 Å². The topological polar surface area (TPSA) is 63.4 Å². The number of rotatable bonds is 6. The minimum absolute atomic E-state index is 0.0464. The van der Waals surface area contributed by atoms with Crippen molar-refractivity contribution in [2.24, 2.45) is 17.6 Å². The van der Waals surface area contributed by atoms with E-state index in [-0.39, 0.29) is 23.8 Å². The van der Waals surface area contributed by atoms with Gasteiger partial charge in [0.05, 0.1) is 5.69 Å². The molecule has 0 aromatic heterocycles. The quantitative estimate of drug-likeness (QED) is 0.797. The Labute approximate surface area is 166 Å². The van der Waals surface area contributed by atoms with E-state index < -0.39 is 0 Å². The molecule has 0 radical (unpaired) electrons. The predicted octanol–water partition coefficient (Wildman–Crippen LogP) is 4.20. The second-order valence-electron chi connectivity index (χ2n) is 7.73. The largest absolute Gasteiger partial charge is 0.369 e. The van der Waals surface area contributed by atoms with Gasteiger partial charge in [-0.05, 0) is 61.5 Å². The summed E-state index contributed by atoms with van der Waals surface area (Å²) in [6.07, 6.45) is 6.83. The van der Waals surface area contributed by atoms with Crippen molar-refractivity contribution in [3.05, 3.63) is 40.8 Å². The SMILES string of the molecule is CCc1cccc(C)c1N(C(=O)CC1C=CSC1)[C@H]1CC[C@H](C(N)=O)CC1. The van der Waals surface area contributed by atoms with Gasteiger partial charge in [0.1, 0.15) is 0 Å². The molecular weight excluding hydrogens is 356 g/mol. The number of nitrogens with two attached hydrogens (primary N) is 1. The molecule has 2 amide bonds. The minimum Gasteiger partial charge on any atom is -0.369 e. The normalized spacial score (nSPS) is 24.7. The highest BCUT2D eigenvalue weighted by atomic mass is 32.2. The zero-order chi connectivity index (χ0) is 19.4. The lowest BCUT2D eigenvalue weighted by atomic mass is 9.84. The number of thioether (sulfide) groups is 1. The summed E-state index contributed by atoms with van der Waals surface area (Å²) in [6, 6.07) is 6.44. The van der Waals surface area contributed by atoms with Crippen LogP contribution in [0.5, 0.6) is 0 Å². The van der Waals surface area contributed by atoms with Gasteiger partial charge in [-0.1, -0.05) is 31.2 Å². The van der Waals surface area contributed by atoms with Crippen molar-refractivity contribution in [1.29, 1.82) is 0 Å². The van der Waals surface area contributed by atoms with E-state index in [9.17, 15) is 9.59 Å². The van der Waals surface area contributed by atoms with Crippen molar-refractivity contribution in [3.8, 4) is 0 Å². The number of hydrogen-bond donors (Lipinski definition) is 1. The number of anilines is 1. The number of benzene rings is 1. The molecule has 0 bridgehead atoms. The number of primary amides is 1. The number of aryl methyl sites for hydroxylation is 2. The summed E-state index contributed by atoms with van der Waals surface area (Å²) < 4.78 is 0. The van der Waals surface area contributed by atoms with Gasteiger partial charge >= 0.3 is 0 Å². The molecule has 1 atom stereocenters. The van der Waals surface area contributed by atoms with Crippen LogP contribution in [-0.2, 0) is 16.0 Å². The Balaban J connectivity index is 1.89. The molecule has 27 heavy (non-hydrogen) atoms. The molecule has 1 heterocycles. The molecule has 4 nitrogen and oxygen atoms in total. The molecule has 1 aliphatic carbocycles. The molecule has 1 fully saturated rings. The van der Waals surface area contributed by atoms with Gasteiger partial charge in [0.25, 0.3) is 0 Å². The van der Waals surface area contributed by atoms with E-state index in [1.807, 2.05) is 0 Å². The molecule has 1 unspecified atom stereocenters. The van der Waals surface area contributed by atoms with Gasteiger partial charge in [0.2, 0.25) is 11.8 Å². The van der Waals surface area contributed by atoms with Gasteiger partial charge in [0.15, 0.2) is 0 Å². The number of carbonyl (C=O) groups is 2. The van der Waals surface area contributed by atoms with Crippen LogP contribution >= 0.6 is 11.8 Å². The highest BCUT2D eigenvalue weighted by Crippen LogP contribution is 2.36. The zero-order valence-corrected chi connectivity index (χ0v) is 17.1. The van der Waals surface area contributed by atoms with Crippen LogP contribution in [0.2, 0.25) is 0 Å². The summed E-state index contributed by atoms with van der Waals surface area (Å²) in [5.41, 5.74) is 8.96. The molecule has 146 valence electrons. The molecule has 1 aliphatic heterocycles. The van der Waals surface area contributed by atoms with E-state index in [4.69, 9.17) is 5.73 Å². The van der Waals surface area contributed by atoms with Gasteiger partial charge in [-0.2, -0.15) is 0 Å². The second kappa shape index (κ2) is 8.96. The Morgan fingerprint density at radius 1 is 1.22 bits per heavy atom. The van der Waals surface area contributed by atoms with E-state index in [0.717, 1.165) is 49.1 Å². The smallest absolute Gasteiger partial charge is 0.227 e. The predicted molar refractivity (Wildman–Crippen MR) is 113 cm³/mol. The van der Waals surface area contributed by atoms with Crippen LogP contribution in [0.15, 0.2) is 29.7 Å². The first-order valence-electron chi connectivity index (χ1n) is 9.99. The van der Waals surface area contributed by atoms with Crippen LogP contribution in [0.1, 0.15) is 50.2 Å². The molecule has 0 spiro atoms. The van der Waals surface area contributed by atoms with Crippen LogP contribution in [0.25, 0.3) is 0 Å². The summed E-state index contributed by atoms with van der Waals surface area (Å²) in [5.74, 6) is 1.27. The molecule has 2 N–H and O–H groups in total. The van der Waals surface area contributed by atoms with E-state index in [2.05, 4.69) is 48.4 Å². The zero-order valence-electron chi connectivity index (χ0n) is 16.3. The third-order valence-corrected chi connectivity index (χ3v) is 6.84. The Morgan fingerprint density at radius 3 is 2.56 bits per heavy atom. The lowest BCUT2D eigenvalue weighted by molar-refractivity contribution is -0.122. The fourth-order valence-corrected chi connectivity index (χ4v) is 5.25. The van der Waals surface area contributed by atoms with Gasteiger partial charge in [0, 0.05) is 24.1 Å². The number of hydrogen-bond acceptors (Lipinski definition) is 3. The summed E-state index contributed by atoms with van der Waals surface area (Å²) in [7, 11) is 0. The lowest BCUT2D eigenvalue weighted by Gasteiger charge is -2.38. The minimum atomic E-state index is -0.204. The van der Waals surface area contributed by atoms with Crippen LogP contribution in [-0.4, -0.2) is 23.6 Å². The molecule has 1 aromatic carbocycles. The van der Waals surface area contributed by atoms with Crippen molar-refractivity contribution in [2.45, 2.75) is 58.4 Å². The van der Waals surface area contributed by atoms with E-state index in [0.29, 0.717) is 12.3 Å². The number of carbonyl (C=O) groups excluding carboxylic acids is 2. The van der Waals surface area contributed by atoms with Gasteiger partial charge in [-0.25, -0.2) is 0 Å². The Bertz CT molecular complexity index is 723. The van der Waals surface area contributed by atoms with Crippen molar-refractivity contribution >= 4 is 29.3 Å². The first kappa shape index (κ1) is 20.0. The number of allylic oxidation sites excluding steroid dienone is 1. The van der Waals surface area contributed by atoms with Crippen molar-refractivity contribution in [1.82, 2.24) is 0 Å². The molecule has 1 saturated carbocycles. The van der Waals surface area contributed by atoms with Crippen molar-refractivity contribution < 1.29 is 9.59 Å². The van der Waals surface area contributed by atoms with E-state index >= 15 is 0 Å². The van der Waals surface area contributed by atoms with Crippen LogP contribution in [0, 0.1) is 18.8 Å². The van der Waals surface area contributed by atoms with Crippen LogP contribution < -0.4 is 10.6 Å². The first-order valence-corrected chi connectivity index (χ1v) is 11.0. The van der Waals surface area contributed by atoms with E-state index in [1.54, 1.807) is 11.8 Å².